The highest BCUT2D eigenvalue weighted by molar-refractivity contribution is 6.36. The average molecular weight is 438 g/mol. The third-order valence-corrected chi connectivity index (χ3v) is 4.21. The minimum absolute atomic E-state index is 0. The second kappa shape index (κ2) is 8.02. The van der Waals surface area contributed by atoms with E-state index in [0.29, 0.717) is 11.1 Å². The average Bonchev–Trinajstić information content (AvgIpc) is 3.07. The van der Waals surface area contributed by atoms with Crippen LogP contribution in [0.15, 0.2) is 53.2 Å². The topological polar surface area (TPSA) is 101 Å². The molecule has 0 aliphatic heterocycles. The summed E-state index contributed by atoms with van der Waals surface area (Å²) in [6.45, 7) is 0. The molecule has 0 atom stereocenters. The molecule has 4 rings (SSSR count). The number of phenols is 1. The standard InChI is InChI=1S/C18H10Cl2N4O3.ClH/c19-10-5-11(16(26)12(20)6-10)15(25)9-7-21-17(22-8-9)24-18-23-13-3-1-2-4-14(13)27-18;/h1-8,26H,(H,21,22,23,24);1H. The first-order valence-corrected chi connectivity index (χ1v) is 8.44. The number of hydrogen-bond acceptors (Lipinski definition) is 7. The van der Waals surface area contributed by atoms with Crippen molar-refractivity contribution in [3.05, 3.63) is 70.0 Å². The third kappa shape index (κ3) is 3.87. The molecule has 0 radical (unpaired) electrons. The Morgan fingerprint density at radius 2 is 1.82 bits per heavy atom. The molecule has 2 heterocycles. The van der Waals surface area contributed by atoms with Crippen molar-refractivity contribution in [2.24, 2.45) is 0 Å². The lowest BCUT2D eigenvalue weighted by Gasteiger charge is -2.06. The summed E-state index contributed by atoms with van der Waals surface area (Å²) in [5, 5.41) is 13.0. The summed E-state index contributed by atoms with van der Waals surface area (Å²) in [5.41, 5.74) is 1.45. The molecular weight excluding hydrogens is 427 g/mol. The number of halogens is 3. The molecule has 2 N–H and O–H groups in total. The molecule has 2 aromatic heterocycles. The minimum Gasteiger partial charge on any atom is -0.506 e. The number of phenolic OH excluding ortho intramolecular Hbond substituents is 1. The van der Waals surface area contributed by atoms with E-state index in [1.807, 2.05) is 18.2 Å². The van der Waals surface area contributed by atoms with E-state index in [0.717, 1.165) is 0 Å². The van der Waals surface area contributed by atoms with Gasteiger partial charge in [0, 0.05) is 17.4 Å². The predicted molar refractivity (Wildman–Crippen MR) is 108 cm³/mol. The number of oxazole rings is 1. The number of aromatic hydroxyl groups is 1. The lowest BCUT2D eigenvalue weighted by Crippen LogP contribution is -2.05. The quantitative estimate of drug-likeness (QED) is 0.432. The van der Waals surface area contributed by atoms with Gasteiger partial charge in [-0.25, -0.2) is 9.97 Å². The van der Waals surface area contributed by atoms with Crippen molar-refractivity contribution in [3.63, 3.8) is 0 Å². The summed E-state index contributed by atoms with van der Waals surface area (Å²) >= 11 is 11.8. The van der Waals surface area contributed by atoms with Gasteiger partial charge in [0.05, 0.1) is 16.1 Å². The first kappa shape index (κ1) is 19.9. The molecule has 4 aromatic rings. The SMILES string of the molecule is Cl.O=C(c1cnc(Nc2nc3ccccc3o2)nc1)c1cc(Cl)cc(Cl)c1O. The number of carbonyl (C=O) groups is 1. The largest absolute Gasteiger partial charge is 0.506 e. The maximum absolute atomic E-state index is 12.6. The fraction of sp³-hybridized carbons (Fsp3) is 0. The predicted octanol–water partition coefficient (Wildman–Crippen LogP) is 5.03. The van der Waals surface area contributed by atoms with Crippen molar-refractivity contribution in [1.82, 2.24) is 15.0 Å². The summed E-state index contributed by atoms with van der Waals surface area (Å²) < 4.78 is 5.53. The van der Waals surface area contributed by atoms with Crippen LogP contribution in [0.25, 0.3) is 11.1 Å². The number of aromatic nitrogens is 3. The van der Waals surface area contributed by atoms with Crippen molar-refractivity contribution in [2.45, 2.75) is 0 Å². The van der Waals surface area contributed by atoms with Gasteiger partial charge in [-0.15, -0.1) is 12.4 Å². The lowest BCUT2D eigenvalue weighted by molar-refractivity contribution is 0.103. The van der Waals surface area contributed by atoms with Crippen LogP contribution in [-0.2, 0) is 0 Å². The summed E-state index contributed by atoms with van der Waals surface area (Å²) in [6.07, 6.45) is 2.63. The molecule has 28 heavy (non-hydrogen) atoms. The van der Waals surface area contributed by atoms with Crippen LogP contribution in [-0.4, -0.2) is 25.8 Å². The molecule has 142 valence electrons. The molecule has 0 unspecified atom stereocenters. The number of nitrogens with zero attached hydrogens (tertiary/aromatic N) is 3. The zero-order valence-electron chi connectivity index (χ0n) is 13.9. The Morgan fingerprint density at radius 1 is 1.11 bits per heavy atom. The van der Waals surface area contributed by atoms with Crippen LogP contribution in [0.1, 0.15) is 15.9 Å². The van der Waals surface area contributed by atoms with Gasteiger partial charge >= 0.3 is 6.01 Å². The number of nitrogens with one attached hydrogen (secondary N) is 1. The van der Waals surface area contributed by atoms with Gasteiger partial charge in [-0.1, -0.05) is 35.3 Å². The Hall–Kier alpha value is -2.87. The van der Waals surface area contributed by atoms with Crippen LogP contribution in [0, 0.1) is 0 Å². The van der Waals surface area contributed by atoms with E-state index >= 15 is 0 Å². The highest BCUT2D eigenvalue weighted by Gasteiger charge is 2.18. The van der Waals surface area contributed by atoms with E-state index in [2.05, 4.69) is 20.3 Å². The maximum atomic E-state index is 12.6. The van der Waals surface area contributed by atoms with Crippen LogP contribution >= 0.6 is 35.6 Å². The zero-order chi connectivity index (χ0) is 19.0. The van der Waals surface area contributed by atoms with E-state index in [4.69, 9.17) is 27.6 Å². The van der Waals surface area contributed by atoms with E-state index in [1.54, 1.807) is 6.07 Å². The molecule has 0 aliphatic carbocycles. The Kier molecular flexibility index (Phi) is 5.69. The van der Waals surface area contributed by atoms with Crippen LogP contribution in [0.2, 0.25) is 10.0 Å². The van der Waals surface area contributed by atoms with Gasteiger partial charge in [0.25, 0.3) is 0 Å². The number of carbonyl (C=O) groups excluding carboxylic acids is 1. The van der Waals surface area contributed by atoms with E-state index < -0.39 is 5.78 Å². The smallest absolute Gasteiger partial charge is 0.302 e. The van der Waals surface area contributed by atoms with Gasteiger partial charge in [-0.05, 0) is 24.3 Å². The Balaban J connectivity index is 0.00000225. The minimum atomic E-state index is -0.509. The van der Waals surface area contributed by atoms with Gasteiger partial charge in [0.1, 0.15) is 11.3 Å². The molecule has 0 fully saturated rings. The first-order valence-electron chi connectivity index (χ1n) is 7.68. The van der Waals surface area contributed by atoms with Crippen LogP contribution in [0.5, 0.6) is 5.75 Å². The Morgan fingerprint density at radius 3 is 2.54 bits per heavy atom. The van der Waals surface area contributed by atoms with E-state index in [9.17, 15) is 9.90 Å². The molecule has 7 nitrogen and oxygen atoms in total. The fourth-order valence-corrected chi connectivity index (χ4v) is 2.92. The number of fused-ring (bicyclic) bond motifs is 1. The van der Waals surface area contributed by atoms with Gasteiger partial charge in [0.15, 0.2) is 11.4 Å². The molecule has 0 aliphatic rings. The van der Waals surface area contributed by atoms with Gasteiger partial charge < -0.3 is 9.52 Å². The first-order chi connectivity index (χ1) is 13.0. The van der Waals surface area contributed by atoms with Crippen molar-refractivity contribution < 1.29 is 14.3 Å². The number of ketones is 1. The van der Waals surface area contributed by atoms with E-state index in [1.165, 1.54) is 24.5 Å². The van der Waals surface area contributed by atoms with Crippen molar-refractivity contribution in [3.8, 4) is 5.75 Å². The number of anilines is 2. The van der Waals surface area contributed by atoms with Crippen LogP contribution in [0.3, 0.4) is 0 Å². The van der Waals surface area contributed by atoms with Gasteiger partial charge in [-0.3, -0.25) is 10.1 Å². The van der Waals surface area contributed by atoms with Gasteiger partial charge in [0.2, 0.25) is 5.95 Å². The Bertz CT molecular complexity index is 1130. The summed E-state index contributed by atoms with van der Waals surface area (Å²) in [6, 6.07) is 10.2. The Labute approximate surface area is 174 Å². The number of rotatable bonds is 4. The molecule has 0 saturated heterocycles. The molecule has 0 saturated carbocycles. The van der Waals surface area contributed by atoms with Crippen molar-refractivity contribution in [2.75, 3.05) is 5.32 Å². The molecule has 2 aromatic carbocycles. The van der Waals surface area contributed by atoms with Crippen LogP contribution in [0.4, 0.5) is 12.0 Å². The highest BCUT2D eigenvalue weighted by Crippen LogP contribution is 2.32. The molecular formula is C18H11Cl3N4O3. The molecule has 0 spiro atoms. The van der Waals surface area contributed by atoms with Crippen LogP contribution < -0.4 is 5.32 Å². The number of para-hydroxylation sites is 2. The number of hydrogen-bond donors (Lipinski definition) is 2. The monoisotopic (exact) mass is 436 g/mol. The highest BCUT2D eigenvalue weighted by atomic mass is 35.5. The zero-order valence-corrected chi connectivity index (χ0v) is 16.2. The summed E-state index contributed by atoms with van der Waals surface area (Å²) in [5.74, 6) is -0.656. The summed E-state index contributed by atoms with van der Waals surface area (Å²) in [7, 11) is 0. The lowest BCUT2D eigenvalue weighted by atomic mass is 10.1. The fourth-order valence-electron chi connectivity index (χ4n) is 2.43. The summed E-state index contributed by atoms with van der Waals surface area (Å²) in [4.78, 5) is 25.0. The maximum Gasteiger partial charge on any atom is 0.302 e. The van der Waals surface area contributed by atoms with E-state index in [-0.39, 0.29) is 51.3 Å². The van der Waals surface area contributed by atoms with Crippen molar-refractivity contribution >= 4 is 64.5 Å². The van der Waals surface area contributed by atoms with Gasteiger partial charge in [-0.2, -0.15) is 4.98 Å². The molecule has 0 amide bonds. The molecule has 0 bridgehead atoms. The normalized spacial score (nSPS) is 10.5. The van der Waals surface area contributed by atoms with Crippen molar-refractivity contribution in [1.29, 1.82) is 0 Å². The molecule has 10 heteroatoms. The second-order valence-electron chi connectivity index (χ2n) is 5.52. The number of benzene rings is 2. The third-order valence-electron chi connectivity index (χ3n) is 3.70. The second-order valence-corrected chi connectivity index (χ2v) is 6.36.